The third-order valence-electron chi connectivity index (χ3n) is 4.43. The first-order chi connectivity index (χ1) is 12.0. The van der Waals surface area contributed by atoms with Gasteiger partial charge in [-0.15, -0.1) is 5.10 Å². The van der Waals surface area contributed by atoms with Crippen molar-refractivity contribution in [2.45, 2.75) is 13.5 Å². The molecule has 25 heavy (non-hydrogen) atoms. The smallest absolute Gasteiger partial charge is 0.244 e. The maximum atomic E-state index is 12.7. The van der Waals surface area contributed by atoms with Crippen LogP contribution in [0.15, 0.2) is 24.3 Å². The van der Waals surface area contributed by atoms with Crippen LogP contribution in [0, 0.1) is 5.92 Å². The van der Waals surface area contributed by atoms with Crippen LogP contribution in [0.1, 0.15) is 6.92 Å². The Balaban J connectivity index is 1.76. The lowest BCUT2D eigenvalue weighted by Gasteiger charge is -2.22. The molecule has 1 saturated heterocycles. The van der Waals surface area contributed by atoms with E-state index >= 15 is 0 Å². The number of nitrogens with two attached hydrogens (primary N) is 1. The molecule has 1 atom stereocenters. The van der Waals surface area contributed by atoms with Crippen LogP contribution in [-0.4, -0.2) is 68.7 Å². The first-order valence-electron chi connectivity index (χ1n) is 8.06. The minimum Gasteiger partial charge on any atom is -0.369 e. The van der Waals surface area contributed by atoms with Crippen LogP contribution < -0.4 is 5.73 Å². The molecule has 9 heteroatoms. The Morgan fingerprint density at radius 3 is 2.56 bits per heavy atom. The normalized spacial score (nSPS) is 18.2. The topological polar surface area (TPSA) is 114 Å². The van der Waals surface area contributed by atoms with Crippen molar-refractivity contribution >= 4 is 28.8 Å². The molecule has 1 aromatic carbocycles. The largest absolute Gasteiger partial charge is 0.369 e. The predicted molar refractivity (Wildman–Crippen MR) is 89.0 cm³/mol. The zero-order chi connectivity index (χ0) is 18.0. The van der Waals surface area contributed by atoms with Crippen molar-refractivity contribution in [1.82, 2.24) is 24.8 Å². The number of nitrogens with zero attached hydrogens (tertiary/aromatic N) is 5. The van der Waals surface area contributed by atoms with E-state index in [1.54, 1.807) is 9.80 Å². The van der Waals surface area contributed by atoms with E-state index in [1.165, 1.54) is 11.6 Å². The van der Waals surface area contributed by atoms with Crippen LogP contribution in [-0.2, 0) is 20.9 Å². The fourth-order valence-corrected chi connectivity index (χ4v) is 2.97. The van der Waals surface area contributed by atoms with E-state index in [4.69, 9.17) is 5.73 Å². The quantitative estimate of drug-likeness (QED) is 0.785. The zero-order valence-corrected chi connectivity index (χ0v) is 14.0. The molecule has 132 valence electrons. The number of benzene rings is 1. The molecule has 0 spiro atoms. The number of hydrogen-bond acceptors (Lipinski definition) is 5. The molecule has 2 N–H and O–H groups in total. The molecule has 0 radical (unpaired) electrons. The summed E-state index contributed by atoms with van der Waals surface area (Å²) in [7, 11) is 0. The maximum Gasteiger partial charge on any atom is 0.244 e. The Bertz CT molecular complexity index is 817. The highest BCUT2D eigenvalue weighted by molar-refractivity contribution is 5.82. The van der Waals surface area contributed by atoms with Crippen LogP contribution >= 0.6 is 0 Å². The molecule has 0 aliphatic carbocycles. The van der Waals surface area contributed by atoms with E-state index in [9.17, 15) is 14.4 Å². The number of rotatable bonds is 3. The lowest BCUT2D eigenvalue weighted by molar-refractivity contribution is -0.133. The van der Waals surface area contributed by atoms with Crippen LogP contribution in [0.25, 0.3) is 11.0 Å². The molecule has 1 aliphatic rings. The number of carbonyl (C=O) groups is 3. The monoisotopic (exact) mass is 344 g/mol. The third kappa shape index (κ3) is 3.59. The predicted octanol–water partition coefficient (Wildman–Crippen LogP) is -0.776. The third-order valence-corrected chi connectivity index (χ3v) is 4.43. The highest BCUT2D eigenvalue weighted by Gasteiger charge is 2.30. The van der Waals surface area contributed by atoms with Crippen molar-refractivity contribution in [3.63, 3.8) is 0 Å². The number of aromatic nitrogens is 3. The minimum absolute atomic E-state index is 0.0199. The van der Waals surface area contributed by atoms with E-state index in [-0.39, 0.29) is 31.4 Å². The average molecular weight is 344 g/mol. The first-order valence-corrected chi connectivity index (χ1v) is 8.06. The van der Waals surface area contributed by atoms with Crippen molar-refractivity contribution in [2.24, 2.45) is 11.7 Å². The maximum absolute atomic E-state index is 12.7. The van der Waals surface area contributed by atoms with Crippen LogP contribution in [0.3, 0.4) is 0 Å². The van der Waals surface area contributed by atoms with Crippen molar-refractivity contribution in [3.8, 4) is 0 Å². The zero-order valence-electron chi connectivity index (χ0n) is 14.0. The van der Waals surface area contributed by atoms with E-state index < -0.39 is 11.8 Å². The molecule has 1 fully saturated rings. The summed E-state index contributed by atoms with van der Waals surface area (Å²) in [6, 6.07) is 7.37. The van der Waals surface area contributed by atoms with E-state index in [0.717, 1.165) is 5.52 Å². The molecular weight excluding hydrogens is 324 g/mol. The van der Waals surface area contributed by atoms with Gasteiger partial charge in [0.15, 0.2) is 0 Å². The number of carbonyl (C=O) groups excluding carboxylic acids is 3. The Morgan fingerprint density at radius 1 is 1.16 bits per heavy atom. The summed E-state index contributed by atoms with van der Waals surface area (Å²) in [5.41, 5.74) is 6.91. The van der Waals surface area contributed by atoms with Gasteiger partial charge in [0.05, 0.1) is 11.4 Å². The number of para-hydroxylation sites is 1. The molecule has 0 bridgehead atoms. The second-order valence-corrected chi connectivity index (χ2v) is 6.14. The van der Waals surface area contributed by atoms with Gasteiger partial charge in [0.25, 0.3) is 0 Å². The van der Waals surface area contributed by atoms with Gasteiger partial charge in [-0.1, -0.05) is 17.3 Å². The van der Waals surface area contributed by atoms with E-state index in [2.05, 4.69) is 10.3 Å². The standard InChI is InChI=1S/C16H20N6O3/c1-11(23)20-6-7-21(9-12(8-20)16(17)25)15(24)10-22-14-5-3-2-4-13(14)18-19-22/h2-5,12H,6-10H2,1H3,(H2,17,25)/t12-/m1/s1. The summed E-state index contributed by atoms with van der Waals surface area (Å²) in [6.07, 6.45) is 0. The van der Waals surface area contributed by atoms with Gasteiger partial charge in [-0.3, -0.25) is 14.4 Å². The van der Waals surface area contributed by atoms with Crippen molar-refractivity contribution in [2.75, 3.05) is 26.2 Å². The second kappa shape index (κ2) is 6.88. The molecule has 1 aliphatic heterocycles. The number of primary amides is 1. The summed E-state index contributed by atoms with van der Waals surface area (Å²) < 4.78 is 1.53. The van der Waals surface area contributed by atoms with Gasteiger partial charge in [0.2, 0.25) is 17.7 Å². The molecule has 0 unspecified atom stereocenters. The molecule has 9 nitrogen and oxygen atoms in total. The van der Waals surface area contributed by atoms with Gasteiger partial charge in [-0.05, 0) is 12.1 Å². The summed E-state index contributed by atoms with van der Waals surface area (Å²) in [4.78, 5) is 39.1. The first kappa shape index (κ1) is 16.9. The second-order valence-electron chi connectivity index (χ2n) is 6.14. The van der Waals surface area contributed by atoms with Gasteiger partial charge < -0.3 is 15.5 Å². The summed E-state index contributed by atoms with van der Waals surface area (Å²) in [6.45, 7) is 2.63. The van der Waals surface area contributed by atoms with Crippen LogP contribution in [0.4, 0.5) is 0 Å². The Labute approximate surface area is 144 Å². The molecule has 2 aromatic rings. The molecule has 2 heterocycles. The number of hydrogen-bond donors (Lipinski definition) is 1. The highest BCUT2D eigenvalue weighted by Crippen LogP contribution is 2.13. The van der Waals surface area contributed by atoms with Gasteiger partial charge in [0.1, 0.15) is 12.1 Å². The highest BCUT2D eigenvalue weighted by atomic mass is 16.2. The molecule has 3 amide bonds. The number of amides is 3. The average Bonchev–Trinajstić information content (AvgIpc) is 2.83. The summed E-state index contributed by atoms with van der Waals surface area (Å²) in [5.74, 6) is -1.42. The van der Waals surface area contributed by atoms with Crippen molar-refractivity contribution in [3.05, 3.63) is 24.3 Å². The van der Waals surface area contributed by atoms with E-state index in [0.29, 0.717) is 18.6 Å². The molecule has 3 rings (SSSR count). The van der Waals surface area contributed by atoms with Crippen LogP contribution in [0.2, 0.25) is 0 Å². The molecular formula is C16H20N6O3. The fraction of sp³-hybridized carbons (Fsp3) is 0.438. The van der Waals surface area contributed by atoms with Crippen molar-refractivity contribution in [1.29, 1.82) is 0 Å². The Morgan fingerprint density at radius 2 is 1.84 bits per heavy atom. The van der Waals surface area contributed by atoms with Crippen LogP contribution in [0.5, 0.6) is 0 Å². The molecule has 1 aromatic heterocycles. The summed E-state index contributed by atoms with van der Waals surface area (Å²) in [5, 5.41) is 8.04. The van der Waals surface area contributed by atoms with Gasteiger partial charge >= 0.3 is 0 Å². The minimum atomic E-state index is -0.581. The van der Waals surface area contributed by atoms with Gasteiger partial charge in [-0.25, -0.2) is 4.68 Å². The number of fused-ring (bicyclic) bond motifs is 1. The lowest BCUT2D eigenvalue weighted by atomic mass is 10.1. The molecule has 0 saturated carbocycles. The Kier molecular flexibility index (Phi) is 4.64. The SMILES string of the molecule is CC(=O)N1CCN(C(=O)Cn2nnc3ccccc32)C[C@H](C(N)=O)C1. The summed E-state index contributed by atoms with van der Waals surface area (Å²) >= 11 is 0. The fourth-order valence-electron chi connectivity index (χ4n) is 2.97. The Hall–Kier alpha value is -2.97. The van der Waals surface area contributed by atoms with Crippen molar-refractivity contribution < 1.29 is 14.4 Å². The van der Waals surface area contributed by atoms with Gasteiger partial charge in [0, 0.05) is 33.1 Å². The van der Waals surface area contributed by atoms with E-state index in [1.807, 2.05) is 24.3 Å². The van der Waals surface area contributed by atoms with Gasteiger partial charge in [-0.2, -0.15) is 0 Å². The lowest BCUT2D eigenvalue weighted by Crippen LogP contribution is -2.41.